The van der Waals surface area contributed by atoms with Crippen LogP contribution < -0.4 is 24.3 Å². The second kappa shape index (κ2) is 9.16. The predicted octanol–water partition coefficient (Wildman–Crippen LogP) is 5.02. The molecule has 7 heteroatoms. The first-order chi connectivity index (χ1) is 16.2. The van der Waals surface area contributed by atoms with Gasteiger partial charge in [0.15, 0.2) is 23.0 Å². The van der Waals surface area contributed by atoms with Gasteiger partial charge in [-0.25, -0.2) is 4.98 Å². The fourth-order valence-corrected chi connectivity index (χ4v) is 3.76. The fraction of sp³-hybridized carbons (Fsp3) is 0.192. The van der Waals surface area contributed by atoms with Gasteiger partial charge in [0.05, 0.1) is 19.0 Å². The van der Waals surface area contributed by atoms with E-state index in [0.29, 0.717) is 24.7 Å². The van der Waals surface area contributed by atoms with Crippen LogP contribution in [0.15, 0.2) is 72.9 Å². The predicted molar refractivity (Wildman–Crippen MR) is 126 cm³/mol. The Morgan fingerprint density at radius 1 is 0.939 bits per heavy atom. The van der Waals surface area contributed by atoms with E-state index in [1.165, 1.54) is 0 Å². The number of rotatable bonds is 8. The van der Waals surface area contributed by atoms with Gasteiger partial charge in [-0.3, -0.25) is 0 Å². The van der Waals surface area contributed by atoms with Crippen LogP contribution in [0.1, 0.15) is 11.1 Å². The average Bonchev–Trinajstić information content (AvgIpc) is 3.48. The topological polar surface area (TPSA) is 66.8 Å². The number of nitrogens with zero attached hydrogens (tertiary/aromatic N) is 2. The molecule has 0 saturated carbocycles. The molecule has 0 fully saturated rings. The molecule has 7 nitrogen and oxygen atoms in total. The van der Waals surface area contributed by atoms with E-state index in [1.54, 1.807) is 7.11 Å². The van der Waals surface area contributed by atoms with E-state index >= 15 is 0 Å². The Morgan fingerprint density at radius 3 is 2.64 bits per heavy atom. The lowest BCUT2D eigenvalue weighted by Gasteiger charge is -2.13. The van der Waals surface area contributed by atoms with Crippen molar-refractivity contribution in [1.29, 1.82) is 0 Å². The van der Waals surface area contributed by atoms with E-state index in [0.717, 1.165) is 39.8 Å². The molecule has 2 heterocycles. The van der Waals surface area contributed by atoms with Crippen LogP contribution in [0.5, 0.6) is 23.0 Å². The summed E-state index contributed by atoms with van der Waals surface area (Å²) in [5.74, 6) is 3.71. The third kappa shape index (κ3) is 4.43. The van der Waals surface area contributed by atoms with Gasteiger partial charge in [0.25, 0.3) is 0 Å². The Labute approximate surface area is 192 Å². The lowest BCUT2D eigenvalue weighted by Crippen LogP contribution is -2.06. The zero-order valence-electron chi connectivity index (χ0n) is 18.6. The van der Waals surface area contributed by atoms with Gasteiger partial charge in [0, 0.05) is 19.2 Å². The van der Waals surface area contributed by atoms with Gasteiger partial charge in [-0.1, -0.05) is 36.4 Å². The maximum atomic E-state index is 5.95. The highest BCUT2D eigenvalue weighted by atomic mass is 16.7. The molecule has 1 aliphatic heterocycles. The summed E-state index contributed by atoms with van der Waals surface area (Å²) >= 11 is 0. The second-order valence-electron chi connectivity index (χ2n) is 7.71. The number of hydrogen-bond donors (Lipinski definition) is 1. The van der Waals surface area contributed by atoms with Gasteiger partial charge >= 0.3 is 0 Å². The lowest BCUT2D eigenvalue weighted by molar-refractivity contribution is 0.174. The summed E-state index contributed by atoms with van der Waals surface area (Å²) < 4.78 is 24.4. The van der Waals surface area contributed by atoms with Crippen molar-refractivity contribution in [3.63, 3.8) is 0 Å². The summed E-state index contributed by atoms with van der Waals surface area (Å²) in [6.45, 7) is 1.35. The van der Waals surface area contributed by atoms with E-state index in [4.69, 9.17) is 18.9 Å². The van der Waals surface area contributed by atoms with Crippen LogP contribution in [0.4, 0.5) is 5.95 Å². The number of ether oxygens (including phenoxy) is 4. The normalized spacial score (nSPS) is 11.9. The SMILES string of the molecule is COc1cc(CNc2ncc(-c3ccc4c(c3)OCO4)n2C)ccc1OCc1ccccc1. The van der Waals surface area contributed by atoms with Crippen molar-refractivity contribution in [3.05, 3.63) is 84.1 Å². The molecule has 0 spiro atoms. The minimum absolute atomic E-state index is 0.260. The Hall–Kier alpha value is -4.13. The summed E-state index contributed by atoms with van der Waals surface area (Å²) in [6.07, 6.45) is 1.85. The number of nitrogens with one attached hydrogen (secondary N) is 1. The van der Waals surface area contributed by atoms with Gasteiger partial charge in [-0.15, -0.1) is 0 Å². The van der Waals surface area contributed by atoms with Crippen LogP contribution in [-0.4, -0.2) is 23.5 Å². The van der Waals surface area contributed by atoms with E-state index in [2.05, 4.69) is 10.3 Å². The summed E-state index contributed by atoms with van der Waals surface area (Å²) in [6, 6.07) is 21.9. The monoisotopic (exact) mass is 443 g/mol. The van der Waals surface area contributed by atoms with Crippen LogP contribution in [0.2, 0.25) is 0 Å². The average molecular weight is 444 g/mol. The first-order valence-electron chi connectivity index (χ1n) is 10.7. The fourth-order valence-electron chi connectivity index (χ4n) is 3.76. The number of fused-ring (bicyclic) bond motifs is 1. The van der Waals surface area contributed by atoms with Crippen molar-refractivity contribution in [3.8, 4) is 34.3 Å². The highest BCUT2D eigenvalue weighted by molar-refractivity contribution is 5.66. The van der Waals surface area contributed by atoms with E-state index in [9.17, 15) is 0 Å². The summed E-state index contributed by atoms with van der Waals surface area (Å²) in [4.78, 5) is 4.55. The number of anilines is 1. The van der Waals surface area contributed by atoms with E-state index < -0.39 is 0 Å². The minimum atomic E-state index is 0.260. The molecule has 0 aliphatic carbocycles. The van der Waals surface area contributed by atoms with Crippen molar-refractivity contribution in [2.45, 2.75) is 13.2 Å². The molecular weight excluding hydrogens is 418 g/mol. The zero-order valence-corrected chi connectivity index (χ0v) is 18.6. The van der Waals surface area contributed by atoms with Crippen molar-refractivity contribution < 1.29 is 18.9 Å². The zero-order chi connectivity index (χ0) is 22.6. The maximum Gasteiger partial charge on any atom is 0.231 e. The molecule has 0 bridgehead atoms. The first-order valence-corrected chi connectivity index (χ1v) is 10.7. The summed E-state index contributed by atoms with van der Waals surface area (Å²) in [5.41, 5.74) is 4.17. The number of methoxy groups -OCH3 is 1. The van der Waals surface area contributed by atoms with Gasteiger partial charge in [0.2, 0.25) is 12.7 Å². The van der Waals surface area contributed by atoms with Crippen LogP contribution in [0, 0.1) is 0 Å². The van der Waals surface area contributed by atoms with Crippen molar-refractivity contribution in [2.24, 2.45) is 7.05 Å². The molecule has 1 N–H and O–H groups in total. The molecule has 33 heavy (non-hydrogen) atoms. The highest BCUT2D eigenvalue weighted by Gasteiger charge is 2.16. The molecule has 0 saturated heterocycles. The number of hydrogen-bond acceptors (Lipinski definition) is 6. The Kier molecular flexibility index (Phi) is 5.76. The lowest BCUT2D eigenvalue weighted by atomic mass is 10.1. The van der Waals surface area contributed by atoms with E-state index in [-0.39, 0.29) is 6.79 Å². The quantitative estimate of drug-likeness (QED) is 0.413. The third-order valence-electron chi connectivity index (χ3n) is 5.57. The molecule has 1 aliphatic rings. The molecule has 0 amide bonds. The smallest absolute Gasteiger partial charge is 0.231 e. The van der Waals surface area contributed by atoms with Crippen LogP contribution in [0.25, 0.3) is 11.3 Å². The molecule has 5 rings (SSSR count). The Bertz CT molecular complexity index is 1250. The van der Waals surface area contributed by atoms with Crippen molar-refractivity contribution in [1.82, 2.24) is 9.55 Å². The van der Waals surface area contributed by atoms with Crippen LogP contribution >= 0.6 is 0 Å². The standard InChI is InChI=1S/C26H25N3O4/c1-29-21(20-9-11-23-25(13-20)33-17-32-23)15-28-26(29)27-14-19-8-10-22(24(12-19)30-2)31-16-18-6-4-3-5-7-18/h3-13,15H,14,16-17H2,1-2H3,(H,27,28). The largest absolute Gasteiger partial charge is 0.493 e. The molecule has 0 unspecified atom stereocenters. The molecule has 4 aromatic rings. The summed E-state index contributed by atoms with van der Waals surface area (Å²) in [5, 5.41) is 3.40. The van der Waals surface area contributed by atoms with E-state index in [1.807, 2.05) is 84.5 Å². The van der Waals surface area contributed by atoms with Crippen molar-refractivity contribution in [2.75, 3.05) is 19.2 Å². The number of benzene rings is 3. The minimum Gasteiger partial charge on any atom is -0.493 e. The molecule has 1 aromatic heterocycles. The molecular formula is C26H25N3O4. The molecule has 168 valence electrons. The van der Waals surface area contributed by atoms with Gasteiger partial charge in [-0.2, -0.15) is 0 Å². The molecule has 0 radical (unpaired) electrons. The van der Waals surface area contributed by atoms with Crippen molar-refractivity contribution >= 4 is 5.95 Å². The van der Waals surface area contributed by atoms with Gasteiger partial charge < -0.3 is 28.8 Å². The summed E-state index contributed by atoms with van der Waals surface area (Å²) in [7, 11) is 3.63. The van der Waals surface area contributed by atoms with Gasteiger partial charge in [0.1, 0.15) is 6.61 Å². The number of imidazole rings is 1. The Balaban J connectivity index is 1.26. The molecule has 0 atom stereocenters. The maximum absolute atomic E-state index is 5.95. The van der Waals surface area contributed by atoms with Crippen LogP contribution in [0.3, 0.4) is 0 Å². The highest BCUT2D eigenvalue weighted by Crippen LogP contribution is 2.36. The first kappa shape index (κ1) is 20.8. The van der Waals surface area contributed by atoms with Gasteiger partial charge in [-0.05, 0) is 41.5 Å². The Morgan fingerprint density at radius 2 is 1.79 bits per heavy atom. The van der Waals surface area contributed by atoms with Crippen LogP contribution in [-0.2, 0) is 20.2 Å². The number of aromatic nitrogens is 2. The third-order valence-corrected chi connectivity index (χ3v) is 5.57. The second-order valence-corrected chi connectivity index (χ2v) is 7.71. The molecule has 3 aromatic carbocycles.